The number of hydrogen-bond donors (Lipinski definition) is 1. The molecule has 0 amide bonds. The number of benzene rings is 1. The number of hydrogen-bond acceptors (Lipinski definition) is 3. The largest absolute Gasteiger partial charge is 0.275 e. The molecule has 2 N–H and O–H groups in total. The second-order valence-corrected chi connectivity index (χ2v) is 4.86. The van der Waals surface area contributed by atoms with E-state index < -0.39 is 36.6 Å². The molecule has 0 heterocycles. The Morgan fingerprint density at radius 1 is 1.40 bits per heavy atom. The third-order valence-corrected chi connectivity index (χ3v) is 3.12. The van der Waals surface area contributed by atoms with Crippen molar-refractivity contribution in [2.45, 2.75) is 4.90 Å². The van der Waals surface area contributed by atoms with Crippen LogP contribution in [0.15, 0.2) is 17.0 Å². The van der Waals surface area contributed by atoms with Gasteiger partial charge in [0.2, 0.25) is 10.0 Å². The number of primary sulfonamides is 1. The number of carbonyl (C=O) groups is 1. The van der Waals surface area contributed by atoms with Crippen LogP contribution in [-0.4, -0.2) is 13.7 Å². The van der Waals surface area contributed by atoms with Crippen LogP contribution in [0.3, 0.4) is 0 Å². The van der Waals surface area contributed by atoms with Gasteiger partial charge in [-0.1, -0.05) is 11.6 Å². The predicted octanol–water partition coefficient (Wildman–Crippen LogP) is 1.51. The average Bonchev–Trinajstić information content (AvgIpc) is 2.00. The van der Waals surface area contributed by atoms with Crippen molar-refractivity contribution in [2.75, 3.05) is 0 Å². The number of rotatable bonds is 2. The van der Waals surface area contributed by atoms with E-state index >= 15 is 0 Å². The molecule has 0 saturated heterocycles. The maximum Gasteiger partial charge on any atom is 0.255 e. The molecule has 4 nitrogen and oxygen atoms in total. The quantitative estimate of drug-likeness (QED) is 0.829. The van der Waals surface area contributed by atoms with E-state index in [9.17, 15) is 17.6 Å². The first-order valence-corrected chi connectivity index (χ1v) is 5.75. The van der Waals surface area contributed by atoms with Crippen LogP contribution in [0.1, 0.15) is 10.4 Å². The molecule has 0 atom stereocenters. The summed E-state index contributed by atoms with van der Waals surface area (Å²) in [5.41, 5.74) is -0.593. The summed E-state index contributed by atoms with van der Waals surface area (Å²) in [6.45, 7) is 0. The number of carbonyl (C=O) groups excluding carboxylic acids is 1. The normalized spacial score (nSPS) is 11.5. The summed E-state index contributed by atoms with van der Waals surface area (Å²) >= 11 is 10.5. The topological polar surface area (TPSA) is 77.2 Å². The molecule has 0 aliphatic rings. The van der Waals surface area contributed by atoms with Crippen LogP contribution >= 0.6 is 23.2 Å². The Bertz CT molecular complexity index is 529. The van der Waals surface area contributed by atoms with Crippen molar-refractivity contribution in [1.82, 2.24) is 0 Å². The van der Waals surface area contributed by atoms with Gasteiger partial charge in [-0.3, -0.25) is 4.79 Å². The van der Waals surface area contributed by atoms with E-state index in [1.807, 2.05) is 0 Å². The minimum atomic E-state index is -4.12. The molecule has 1 aromatic carbocycles. The van der Waals surface area contributed by atoms with Crippen LogP contribution in [0.25, 0.3) is 0 Å². The zero-order chi connectivity index (χ0) is 11.8. The Labute approximate surface area is 94.8 Å². The molecule has 0 aromatic heterocycles. The number of sulfonamides is 1. The molecule has 82 valence electrons. The lowest BCUT2D eigenvalue weighted by Crippen LogP contribution is -2.14. The molecule has 0 unspecified atom stereocenters. The van der Waals surface area contributed by atoms with Gasteiger partial charge in [-0.2, -0.15) is 0 Å². The molecule has 15 heavy (non-hydrogen) atoms. The van der Waals surface area contributed by atoms with Crippen LogP contribution in [0.5, 0.6) is 0 Å². The SMILES string of the molecule is NS(=O)(=O)c1cc(C(=O)Cl)c(F)cc1Cl. The molecule has 1 rings (SSSR count). The van der Waals surface area contributed by atoms with Crippen LogP contribution < -0.4 is 5.14 Å². The van der Waals surface area contributed by atoms with Gasteiger partial charge in [-0.15, -0.1) is 0 Å². The fourth-order valence-corrected chi connectivity index (χ4v) is 2.13. The fraction of sp³-hybridized carbons (Fsp3) is 0. The molecule has 0 radical (unpaired) electrons. The monoisotopic (exact) mass is 271 g/mol. The summed E-state index contributed by atoms with van der Waals surface area (Å²) in [7, 11) is -4.12. The Balaban J connectivity index is 3.58. The maximum absolute atomic E-state index is 13.0. The van der Waals surface area contributed by atoms with Crippen LogP contribution in [0.2, 0.25) is 5.02 Å². The van der Waals surface area contributed by atoms with Crippen molar-refractivity contribution in [3.8, 4) is 0 Å². The average molecular weight is 272 g/mol. The fourth-order valence-electron chi connectivity index (χ4n) is 0.898. The Kier molecular flexibility index (Phi) is 3.34. The standard InChI is InChI=1S/C7H4Cl2FNO3S/c8-4-2-5(10)3(7(9)12)1-6(4)15(11,13)14/h1-2H,(H2,11,13,14). The molecular formula is C7H4Cl2FNO3S. The highest BCUT2D eigenvalue weighted by Crippen LogP contribution is 2.24. The lowest BCUT2D eigenvalue weighted by molar-refractivity contribution is 0.107. The van der Waals surface area contributed by atoms with E-state index in [-0.39, 0.29) is 0 Å². The highest BCUT2D eigenvalue weighted by Gasteiger charge is 2.19. The van der Waals surface area contributed by atoms with Crippen molar-refractivity contribution in [3.05, 3.63) is 28.5 Å². The third kappa shape index (κ3) is 2.66. The van der Waals surface area contributed by atoms with Gasteiger partial charge in [0.25, 0.3) is 5.24 Å². The molecule has 8 heteroatoms. The minimum absolute atomic E-state index is 0.406. The zero-order valence-corrected chi connectivity index (χ0v) is 9.33. The Morgan fingerprint density at radius 2 is 1.93 bits per heavy atom. The van der Waals surface area contributed by atoms with Crippen LogP contribution in [0.4, 0.5) is 4.39 Å². The van der Waals surface area contributed by atoms with Gasteiger partial charge >= 0.3 is 0 Å². The van der Waals surface area contributed by atoms with E-state index in [0.717, 1.165) is 0 Å². The molecule has 0 aliphatic carbocycles. The molecule has 0 saturated carbocycles. The first-order valence-electron chi connectivity index (χ1n) is 3.45. The summed E-state index contributed by atoms with van der Waals surface area (Å²) in [5, 5.41) is 3.25. The second-order valence-electron chi connectivity index (χ2n) is 2.58. The highest BCUT2D eigenvalue weighted by molar-refractivity contribution is 7.89. The second kappa shape index (κ2) is 4.05. The van der Waals surface area contributed by atoms with Crippen molar-refractivity contribution in [3.63, 3.8) is 0 Å². The van der Waals surface area contributed by atoms with Gasteiger partial charge in [-0.25, -0.2) is 17.9 Å². The summed E-state index contributed by atoms with van der Waals surface area (Å²) in [6, 6.07) is 1.36. The van der Waals surface area contributed by atoms with Gasteiger partial charge in [0, 0.05) is 0 Å². The molecule has 0 aliphatic heterocycles. The van der Waals surface area contributed by atoms with Gasteiger partial charge in [-0.05, 0) is 23.7 Å². The Hall–Kier alpha value is -0.690. The molecule has 0 spiro atoms. The smallest absolute Gasteiger partial charge is 0.255 e. The summed E-state index contributed by atoms with van der Waals surface area (Å²) in [6.07, 6.45) is 0. The zero-order valence-electron chi connectivity index (χ0n) is 7.00. The first kappa shape index (κ1) is 12.4. The van der Waals surface area contributed by atoms with Crippen molar-refractivity contribution < 1.29 is 17.6 Å². The molecular weight excluding hydrogens is 268 g/mol. The maximum atomic E-state index is 13.0. The summed E-state index contributed by atoms with van der Waals surface area (Å²) in [4.78, 5) is 10.2. The van der Waals surface area contributed by atoms with Gasteiger partial charge < -0.3 is 0 Å². The molecule has 0 bridgehead atoms. The van der Waals surface area contributed by atoms with Crippen molar-refractivity contribution in [2.24, 2.45) is 5.14 Å². The van der Waals surface area contributed by atoms with Crippen molar-refractivity contribution in [1.29, 1.82) is 0 Å². The lowest BCUT2D eigenvalue weighted by Gasteiger charge is -2.04. The van der Waals surface area contributed by atoms with E-state index in [2.05, 4.69) is 0 Å². The van der Waals surface area contributed by atoms with Gasteiger partial charge in [0.15, 0.2) is 0 Å². The predicted molar refractivity (Wildman–Crippen MR) is 53.0 cm³/mol. The van der Waals surface area contributed by atoms with E-state index in [1.54, 1.807) is 0 Å². The Morgan fingerprint density at radius 3 is 2.33 bits per heavy atom. The minimum Gasteiger partial charge on any atom is -0.275 e. The first-order chi connectivity index (χ1) is 6.73. The number of nitrogens with two attached hydrogens (primary N) is 1. The number of halogens is 3. The molecule has 1 aromatic rings. The lowest BCUT2D eigenvalue weighted by atomic mass is 10.2. The van der Waals surface area contributed by atoms with E-state index in [4.69, 9.17) is 28.3 Å². The van der Waals surface area contributed by atoms with Gasteiger partial charge in [0.1, 0.15) is 10.7 Å². The summed E-state index contributed by atoms with van der Waals surface area (Å²) in [5.74, 6) is -1.01. The van der Waals surface area contributed by atoms with Crippen molar-refractivity contribution >= 4 is 38.5 Å². The van der Waals surface area contributed by atoms with Gasteiger partial charge in [0.05, 0.1) is 10.6 Å². The third-order valence-electron chi connectivity index (χ3n) is 1.54. The van der Waals surface area contributed by atoms with Crippen LogP contribution in [-0.2, 0) is 10.0 Å². The van der Waals surface area contributed by atoms with E-state index in [1.165, 1.54) is 0 Å². The highest BCUT2D eigenvalue weighted by atomic mass is 35.5. The molecule has 0 fully saturated rings. The van der Waals surface area contributed by atoms with E-state index in [0.29, 0.717) is 12.1 Å². The van der Waals surface area contributed by atoms with Crippen LogP contribution in [0, 0.1) is 5.82 Å². The summed E-state index contributed by atoms with van der Waals surface area (Å²) < 4.78 is 35.0.